The minimum atomic E-state index is -1.04. The van der Waals surface area contributed by atoms with Crippen LogP contribution in [-0.2, 0) is 6.54 Å². The number of carboxylic acid groups (broad SMARTS) is 1. The maximum Gasteiger partial charge on any atom is 0.337 e. The number of nitrogen functional groups attached to an aromatic ring is 1. The lowest BCUT2D eigenvalue weighted by atomic mass is 10.2. The third-order valence-electron chi connectivity index (χ3n) is 3.12. The lowest BCUT2D eigenvalue weighted by Gasteiger charge is -2.23. The SMILES string of the molecule is CCN(Cc1cccc(C)n1)c1ncc(C(=O)O)cc1N. The van der Waals surface area contributed by atoms with Gasteiger partial charge < -0.3 is 15.7 Å². The van der Waals surface area contributed by atoms with Crippen LogP contribution in [0.4, 0.5) is 11.5 Å². The lowest BCUT2D eigenvalue weighted by molar-refractivity contribution is 0.0696. The van der Waals surface area contributed by atoms with Crippen LogP contribution in [0.1, 0.15) is 28.7 Å². The Kier molecular flexibility index (Phi) is 4.37. The molecule has 0 fully saturated rings. The molecule has 110 valence electrons. The van der Waals surface area contributed by atoms with Crippen molar-refractivity contribution in [3.05, 3.63) is 47.4 Å². The van der Waals surface area contributed by atoms with Gasteiger partial charge in [-0.05, 0) is 32.0 Å². The van der Waals surface area contributed by atoms with E-state index in [0.29, 0.717) is 24.6 Å². The Morgan fingerprint density at radius 1 is 1.43 bits per heavy atom. The van der Waals surface area contributed by atoms with Crippen LogP contribution in [0.3, 0.4) is 0 Å². The summed E-state index contributed by atoms with van der Waals surface area (Å²) < 4.78 is 0. The van der Waals surface area contributed by atoms with Crippen LogP contribution in [-0.4, -0.2) is 27.6 Å². The molecule has 3 N–H and O–H groups in total. The van der Waals surface area contributed by atoms with E-state index in [9.17, 15) is 4.79 Å². The van der Waals surface area contributed by atoms with Gasteiger partial charge in [-0.1, -0.05) is 6.07 Å². The van der Waals surface area contributed by atoms with Gasteiger partial charge in [0.05, 0.1) is 23.5 Å². The first-order valence-corrected chi connectivity index (χ1v) is 6.67. The molecule has 0 aliphatic heterocycles. The minimum absolute atomic E-state index is 0.0842. The molecule has 0 saturated heterocycles. The van der Waals surface area contributed by atoms with E-state index < -0.39 is 5.97 Å². The second-order valence-corrected chi connectivity index (χ2v) is 4.73. The standard InChI is InChI=1S/C15H18N4O2/c1-3-19(9-12-6-4-5-10(2)18-12)14-13(16)7-11(8-17-14)15(20)21/h4-8H,3,9,16H2,1-2H3,(H,20,21). The summed E-state index contributed by atoms with van der Waals surface area (Å²) in [5.41, 5.74) is 8.23. The van der Waals surface area contributed by atoms with E-state index in [0.717, 1.165) is 11.4 Å². The molecule has 0 amide bonds. The average Bonchev–Trinajstić information content (AvgIpc) is 2.45. The number of aromatic nitrogens is 2. The number of pyridine rings is 2. The number of anilines is 2. The number of rotatable bonds is 5. The lowest BCUT2D eigenvalue weighted by Crippen LogP contribution is -2.25. The van der Waals surface area contributed by atoms with E-state index in [2.05, 4.69) is 9.97 Å². The molecule has 0 aliphatic rings. The van der Waals surface area contributed by atoms with Gasteiger partial charge in [0.25, 0.3) is 0 Å². The molecule has 21 heavy (non-hydrogen) atoms. The van der Waals surface area contributed by atoms with Gasteiger partial charge in [-0.2, -0.15) is 0 Å². The van der Waals surface area contributed by atoms with Crippen molar-refractivity contribution in [3.63, 3.8) is 0 Å². The fourth-order valence-corrected chi connectivity index (χ4v) is 2.08. The number of hydrogen-bond donors (Lipinski definition) is 2. The molecule has 0 atom stereocenters. The number of nitrogens with two attached hydrogens (primary N) is 1. The summed E-state index contributed by atoms with van der Waals surface area (Å²) in [5.74, 6) is -0.463. The molecule has 2 aromatic rings. The summed E-state index contributed by atoms with van der Waals surface area (Å²) in [5, 5.41) is 8.94. The van der Waals surface area contributed by atoms with Crippen LogP contribution in [0.25, 0.3) is 0 Å². The maximum atomic E-state index is 10.9. The first-order valence-electron chi connectivity index (χ1n) is 6.67. The van der Waals surface area contributed by atoms with Gasteiger partial charge in [-0.3, -0.25) is 4.98 Å². The fraction of sp³-hybridized carbons (Fsp3) is 0.267. The molecule has 0 saturated carbocycles. The molecule has 2 heterocycles. The van der Waals surface area contributed by atoms with Crippen LogP contribution < -0.4 is 10.6 Å². The second-order valence-electron chi connectivity index (χ2n) is 4.73. The first-order chi connectivity index (χ1) is 10.0. The molecule has 0 radical (unpaired) electrons. The van der Waals surface area contributed by atoms with Gasteiger partial charge in [0.2, 0.25) is 0 Å². The normalized spacial score (nSPS) is 10.4. The van der Waals surface area contributed by atoms with Crippen LogP contribution in [0.5, 0.6) is 0 Å². The van der Waals surface area contributed by atoms with E-state index in [1.165, 1.54) is 12.3 Å². The first kappa shape index (κ1) is 14.8. The van der Waals surface area contributed by atoms with E-state index in [4.69, 9.17) is 10.8 Å². The van der Waals surface area contributed by atoms with Crippen LogP contribution >= 0.6 is 0 Å². The summed E-state index contributed by atoms with van der Waals surface area (Å²) in [6, 6.07) is 7.26. The summed E-state index contributed by atoms with van der Waals surface area (Å²) in [7, 11) is 0. The van der Waals surface area contributed by atoms with Gasteiger partial charge in [-0.15, -0.1) is 0 Å². The predicted molar refractivity (Wildman–Crippen MR) is 81.3 cm³/mol. The van der Waals surface area contributed by atoms with Gasteiger partial charge in [-0.25, -0.2) is 9.78 Å². The monoisotopic (exact) mass is 286 g/mol. The molecular weight excluding hydrogens is 268 g/mol. The van der Waals surface area contributed by atoms with Gasteiger partial charge >= 0.3 is 5.97 Å². The average molecular weight is 286 g/mol. The third kappa shape index (κ3) is 3.47. The van der Waals surface area contributed by atoms with E-state index in [1.807, 2.05) is 36.9 Å². The molecule has 0 aromatic carbocycles. The third-order valence-corrected chi connectivity index (χ3v) is 3.12. The van der Waals surface area contributed by atoms with Crippen molar-refractivity contribution in [2.75, 3.05) is 17.2 Å². The van der Waals surface area contributed by atoms with Gasteiger partial charge in [0, 0.05) is 18.4 Å². The Labute approximate surface area is 123 Å². The number of aromatic carboxylic acids is 1. The van der Waals surface area contributed by atoms with Crippen molar-refractivity contribution in [1.29, 1.82) is 0 Å². The summed E-state index contributed by atoms with van der Waals surface area (Å²) in [4.78, 5) is 21.5. The van der Waals surface area contributed by atoms with Crippen molar-refractivity contribution in [2.45, 2.75) is 20.4 Å². The molecule has 0 unspecified atom stereocenters. The molecule has 2 rings (SSSR count). The summed E-state index contributed by atoms with van der Waals surface area (Å²) >= 11 is 0. The topological polar surface area (TPSA) is 92.3 Å². The Morgan fingerprint density at radius 2 is 2.19 bits per heavy atom. The number of aryl methyl sites for hydroxylation is 1. The Bertz CT molecular complexity index is 658. The highest BCUT2D eigenvalue weighted by atomic mass is 16.4. The van der Waals surface area contributed by atoms with E-state index in [-0.39, 0.29) is 5.56 Å². The second kappa shape index (κ2) is 6.21. The number of carbonyl (C=O) groups is 1. The zero-order valence-corrected chi connectivity index (χ0v) is 12.1. The number of hydrogen-bond acceptors (Lipinski definition) is 5. The Balaban J connectivity index is 2.27. The fourth-order valence-electron chi connectivity index (χ4n) is 2.08. The van der Waals surface area contributed by atoms with E-state index in [1.54, 1.807) is 0 Å². The van der Waals surface area contributed by atoms with Crippen LogP contribution in [0.2, 0.25) is 0 Å². The molecule has 0 bridgehead atoms. The van der Waals surface area contributed by atoms with Crippen LogP contribution in [0, 0.1) is 6.92 Å². The minimum Gasteiger partial charge on any atom is -0.478 e. The summed E-state index contributed by atoms with van der Waals surface area (Å²) in [6.45, 7) is 5.19. The van der Waals surface area contributed by atoms with Crippen LogP contribution in [0.15, 0.2) is 30.5 Å². The molecule has 2 aromatic heterocycles. The quantitative estimate of drug-likeness (QED) is 0.874. The van der Waals surface area contributed by atoms with Crippen molar-refractivity contribution < 1.29 is 9.90 Å². The van der Waals surface area contributed by atoms with Crippen molar-refractivity contribution >= 4 is 17.5 Å². The highest BCUT2D eigenvalue weighted by molar-refractivity contribution is 5.89. The Morgan fingerprint density at radius 3 is 2.76 bits per heavy atom. The van der Waals surface area contributed by atoms with Gasteiger partial charge in [0.15, 0.2) is 5.82 Å². The zero-order valence-electron chi connectivity index (χ0n) is 12.1. The van der Waals surface area contributed by atoms with Crippen molar-refractivity contribution in [2.24, 2.45) is 0 Å². The molecule has 0 spiro atoms. The molecule has 0 aliphatic carbocycles. The van der Waals surface area contributed by atoms with Gasteiger partial charge in [0.1, 0.15) is 0 Å². The molecule has 6 heteroatoms. The smallest absolute Gasteiger partial charge is 0.337 e. The largest absolute Gasteiger partial charge is 0.478 e. The molecule has 6 nitrogen and oxygen atoms in total. The summed E-state index contributed by atoms with van der Waals surface area (Å²) in [6.07, 6.45) is 1.32. The van der Waals surface area contributed by atoms with Crippen molar-refractivity contribution in [1.82, 2.24) is 9.97 Å². The highest BCUT2D eigenvalue weighted by Crippen LogP contribution is 2.22. The maximum absolute atomic E-state index is 10.9. The van der Waals surface area contributed by atoms with E-state index >= 15 is 0 Å². The highest BCUT2D eigenvalue weighted by Gasteiger charge is 2.14. The Hall–Kier alpha value is -2.63. The number of carboxylic acids is 1. The zero-order chi connectivity index (χ0) is 15.4. The van der Waals surface area contributed by atoms with Crippen molar-refractivity contribution in [3.8, 4) is 0 Å². The molecular formula is C15H18N4O2. The predicted octanol–water partition coefficient (Wildman–Crippen LogP) is 2.09. The number of nitrogens with zero attached hydrogens (tertiary/aromatic N) is 3.